The number of aromatic nitrogens is 1. The van der Waals surface area contributed by atoms with Gasteiger partial charge in [-0.05, 0) is 25.9 Å². The Bertz CT molecular complexity index is 413. The van der Waals surface area contributed by atoms with Gasteiger partial charge in [-0.1, -0.05) is 0 Å². The first-order valence-electron chi connectivity index (χ1n) is 6.19. The van der Waals surface area contributed by atoms with Crippen molar-refractivity contribution < 1.29 is 4.79 Å². The molecule has 2 aliphatic rings. The minimum atomic E-state index is 0.151. The molecule has 3 heterocycles. The van der Waals surface area contributed by atoms with E-state index < -0.39 is 0 Å². The number of nitrogens with zero attached hydrogens (tertiary/aromatic N) is 2. The average Bonchev–Trinajstić information content (AvgIpc) is 2.87. The molecule has 92 valence electrons. The third kappa shape index (κ3) is 2.09. The monoisotopic (exact) mass is 251 g/mol. The Kier molecular flexibility index (Phi) is 2.88. The molecular weight excluding hydrogens is 234 g/mol. The highest BCUT2D eigenvalue weighted by molar-refractivity contribution is 7.11. The third-order valence-corrected chi connectivity index (χ3v) is 4.85. The molecule has 1 saturated heterocycles. The van der Waals surface area contributed by atoms with Gasteiger partial charge in [0.15, 0.2) is 0 Å². The second kappa shape index (κ2) is 4.38. The first kappa shape index (κ1) is 11.2. The minimum absolute atomic E-state index is 0.151. The molecule has 0 spiro atoms. The molecular formula is C12H17N3OS. The van der Waals surface area contributed by atoms with Crippen molar-refractivity contribution in [2.45, 2.75) is 38.8 Å². The summed E-state index contributed by atoms with van der Waals surface area (Å²) in [7, 11) is 0. The number of thiazole rings is 1. The Labute approximate surface area is 105 Å². The highest BCUT2D eigenvalue weighted by Crippen LogP contribution is 2.34. The van der Waals surface area contributed by atoms with Crippen molar-refractivity contribution in [3.05, 3.63) is 15.6 Å². The van der Waals surface area contributed by atoms with Crippen molar-refractivity contribution in [2.75, 3.05) is 13.1 Å². The lowest BCUT2D eigenvalue weighted by atomic mass is 9.99. The van der Waals surface area contributed by atoms with Crippen LogP contribution in [0, 0.1) is 0 Å². The smallest absolute Gasteiger partial charge is 0.220 e. The zero-order chi connectivity index (χ0) is 11.8. The fourth-order valence-electron chi connectivity index (χ4n) is 2.53. The van der Waals surface area contributed by atoms with Gasteiger partial charge in [-0.3, -0.25) is 4.79 Å². The molecule has 4 nitrogen and oxygen atoms in total. The van der Waals surface area contributed by atoms with Gasteiger partial charge in [0.2, 0.25) is 5.91 Å². The van der Waals surface area contributed by atoms with Crippen LogP contribution in [0.5, 0.6) is 0 Å². The summed E-state index contributed by atoms with van der Waals surface area (Å²) in [6, 6.07) is 0. The van der Waals surface area contributed by atoms with Gasteiger partial charge >= 0.3 is 0 Å². The SMILES string of the molecule is CC(=O)N1Cc2nc(C3CCNCC3)sc2C1. The van der Waals surface area contributed by atoms with E-state index in [0.29, 0.717) is 12.5 Å². The van der Waals surface area contributed by atoms with Crippen LogP contribution in [0.1, 0.15) is 41.3 Å². The van der Waals surface area contributed by atoms with Crippen LogP contribution in [-0.4, -0.2) is 28.9 Å². The lowest BCUT2D eigenvalue weighted by Gasteiger charge is -2.20. The molecule has 1 aromatic heterocycles. The fraction of sp³-hybridized carbons (Fsp3) is 0.667. The van der Waals surface area contributed by atoms with E-state index >= 15 is 0 Å². The van der Waals surface area contributed by atoms with Crippen molar-refractivity contribution in [1.82, 2.24) is 15.2 Å². The molecule has 1 aromatic rings. The molecule has 0 aromatic carbocycles. The molecule has 17 heavy (non-hydrogen) atoms. The van der Waals surface area contributed by atoms with Gasteiger partial charge in [0.25, 0.3) is 0 Å². The molecule has 1 amide bonds. The van der Waals surface area contributed by atoms with Crippen molar-refractivity contribution in [2.24, 2.45) is 0 Å². The Morgan fingerprint density at radius 2 is 2.18 bits per heavy atom. The maximum absolute atomic E-state index is 11.3. The van der Waals surface area contributed by atoms with Crippen LogP contribution in [0.2, 0.25) is 0 Å². The van der Waals surface area contributed by atoms with E-state index in [9.17, 15) is 4.79 Å². The summed E-state index contributed by atoms with van der Waals surface area (Å²) >= 11 is 1.82. The van der Waals surface area contributed by atoms with E-state index in [1.54, 1.807) is 6.92 Å². The zero-order valence-electron chi connectivity index (χ0n) is 10.0. The quantitative estimate of drug-likeness (QED) is 0.822. The van der Waals surface area contributed by atoms with Gasteiger partial charge in [-0.2, -0.15) is 0 Å². The number of hydrogen-bond acceptors (Lipinski definition) is 4. The van der Waals surface area contributed by atoms with Gasteiger partial charge < -0.3 is 10.2 Å². The minimum Gasteiger partial charge on any atom is -0.332 e. The molecule has 0 atom stereocenters. The number of carbonyl (C=O) groups is 1. The summed E-state index contributed by atoms with van der Waals surface area (Å²) in [6.07, 6.45) is 2.39. The van der Waals surface area contributed by atoms with E-state index in [4.69, 9.17) is 4.98 Å². The number of amides is 1. The first-order chi connectivity index (χ1) is 8.24. The van der Waals surface area contributed by atoms with Crippen LogP contribution in [0.15, 0.2) is 0 Å². The second-order valence-corrected chi connectivity index (χ2v) is 5.94. The van der Waals surface area contributed by atoms with Crippen molar-refractivity contribution in [3.8, 4) is 0 Å². The molecule has 0 bridgehead atoms. The molecule has 0 unspecified atom stereocenters. The van der Waals surface area contributed by atoms with E-state index in [-0.39, 0.29) is 5.91 Å². The topological polar surface area (TPSA) is 45.2 Å². The van der Waals surface area contributed by atoms with E-state index in [1.165, 1.54) is 22.7 Å². The number of hydrogen-bond donors (Lipinski definition) is 1. The Hall–Kier alpha value is -0.940. The highest BCUT2D eigenvalue weighted by atomic mass is 32.1. The summed E-state index contributed by atoms with van der Waals surface area (Å²) in [6.45, 7) is 5.33. The van der Waals surface area contributed by atoms with E-state index in [1.807, 2.05) is 16.2 Å². The van der Waals surface area contributed by atoms with Crippen LogP contribution in [0.25, 0.3) is 0 Å². The van der Waals surface area contributed by atoms with Crippen molar-refractivity contribution >= 4 is 17.2 Å². The van der Waals surface area contributed by atoms with Crippen LogP contribution in [0.3, 0.4) is 0 Å². The molecule has 0 radical (unpaired) electrons. The standard InChI is InChI=1S/C12H17N3OS/c1-8(16)15-6-10-11(7-15)17-12(14-10)9-2-4-13-5-3-9/h9,13H,2-7H2,1H3. The second-order valence-electron chi connectivity index (χ2n) is 4.82. The number of carbonyl (C=O) groups excluding carboxylic acids is 1. The molecule has 5 heteroatoms. The Morgan fingerprint density at radius 3 is 2.82 bits per heavy atom. The van der Waals surface area contributed by atoms with Crippen molar-refractivity contribution in [3.63, 3.8) is 0 Å². The van der Waals surface area contributed by atoms with Crippen LogP contribution >= 0.6 is 11.3 Å². The summed E-state index contributed by atoms with van der Waals surface area (Å²) in [4.78, 5) is 19.2. The molecule has 2 aliphatic heterocycles. The molecule has 0 aliphatic carbocycles. The lowest BCUT2D eigenvalue weighted by Crippen LogP contribution is -2.26. The lowest BCUT2D eigenvalue weighted by molar-refractivity contribution is -0.129. The summed E-state index contributed by atoms with van der Waals surface area (Å²) < 4.78 is 0. The maximum Gasteiger partial charge on any atom is 0.220 e. The third-order valence-electron chi connectivity index (χ3n) is 3.60. The van der Waals surface area contributed by atoms with Crippen LogP contribution < -0.4 is 5.32 Å². The normalized spacial score (nSPS) is 20.6. The number of nitrogens with one attached hydrogen (secondary N) is 1. The number of fused-ring (bicyclic) bond motifs is 1. The van der Waals surface area contributed by atoms with Gasteiger partial charge in [-0.15, -0.1) is 11.3 Å². The maximum atomic E-state index is 11.3. The zero-order valence-corrected chi connectivity index (χ0v) is 10.8. The summed E-state index contributed by atoms with van der Waals surface area (Å²) in [5.41, 5.74) is 1.14. The molecule has 1 fully saturated rings. The van der Waals surface area contributed by atoms with E-state index in [2.05, 4.69) is 5.32 Å². The summed E-state index contributed by atoms with van der Waals surface area (Å²) in [5.74, 6) is 0.788. The molecule has 3 rings (SSSR count). The predicted octanol–water partition coefficient (Wildman–Crippen LogP) is 1.47. The Morgan fingerprint density at radius 1 is 1.41 bits per heavy atom. The number of piperidine rings is 1. The predicted molar refractivity (Wildman–Crippen MR) is 66.9 cm³/mol. The fourth-order valence-corrected chi connectivity index (χ4v) is 3.79. The van der Waals surface area contributed by atoms with Crippen LogP contribution in [-0.2, 0) is 17.9 Å². The average molecular weight is 251 g/mol. The highest BCUT2D eigenvalue weighted by Gasteiger charge is 2.27. The Balaban J connectivity index is 1.75. The van der Waals surface area contributed by atoms with Crippen molar-refractivity contribution in [1.29, 1.82) is 0 Å². The largest absolute Gasteiger partial charge is 0.332 e. The van der Waals surface area contributed by atoms with Gasteiger partial charge in [0, 0.05) is 17.7 Å². The first-order valence-corrected chi connectivity index (χ1v) is 7.00. The van der Waals surface area contributed by atoms with Crippen LogP contribution in [0.4, 0.5) is 0 Å². The summed E-state index contributed by atoms with van der Waals surface area (Å²) in [5, 5.41) is 4.67. The molecule has 0 saturated carbocycles. The van der Waals surface area contributed by atoms with Gasteiger partial charge in [-0.25, -0.2) is 4.98 Å². The molecule has 1 N–H and O–H groups in total. The number of rotatable bonds is 1. The van der Waals surface area contributed by atoms with E-state index in [0.717, 1.165) is 25.3 Å². The van der Waals surface area contributed by atoms with Gasteiger partial charge in [0.1, 0.15) is 0 Å². The van der Waals surface area contributed by atoms with Gasteiger partial charge in [0.05, 0.1) is 23.8 Å².